The number of alkyl halides is 2. The van der Waals surface area contributed by atoms with E-state index < -0.39 is 0 Å². The molecule has 0 saturated heterocycles. The Labute approximate surface area is 177 Å². The van der Waals surface area contributed by atoms with Gasteiger partial charge in [-0.2, -0.15) is 0 Å². The average Bonchev–Trinajstić information content (AvgIpc) is 2.60. The van der Waals surface area contributed by atoms with E-state index in [0.717, 1.165) is 0 Å². The Morgan fingerprint density at radius 2 is 0.583 bits per heavy atom. The topological polar surface area (TPSA) is 0 Å². The first-order chi connectivity index (χ1) is 11.9. The van der Waals surface area contributed by atoms with E-state index in [1.54, 1.807) is 0 Å². The maximum atomic E-state index is 3.50. The van der Waals surface area contributed by atoms with E-state index in [0.29, 0.717) is 0 Å². The largest absolute Gasteiger partial charge is 0.0942 e. The zero-order valence-electron chi connectivity index (χ0n) is 15.7. The highest BCUT2D eigenvalue weighted by Gasteiger charge is 1.95. The molecule has 0 heterocycles. The molecule has 0 aliphatic carbocycles. The van der Waals surface area contributed by atoms with Gasteiger partial charge in [0.25, 0.3) is 0 Å². The molecule has 0 unspecified atom stereocenters. The van der Waals surface area contributed by atoms with Crippen LogP contribution in [0, 0.1) is 0 Å². The van der Waals surface area contributed by atoms with Crippen LogP contribution >= 0.6 is 53.4 Å². The molecular formula is C20H40Br2S2. The summed E-state index contributed by atoms with van der Waals surface area (Å²) >= 11 is 7.00. The third-order valence-electron chi connectivity index (χ3n) is 4.31. The fraction of sp³-hybridized carbons (Fsp3) is 1.00. The van der Waals surface area contributed by atoms with Crippen molar-refractivity contribution in [2.24, 2.45) is 0 Å². The minimum atomic E-state index is 1.18. The molecule has 0 aromatic rings. The molecule has 0 aromatic carbocycles. The van der Waals surface area contributed by atoms with Crippen molar-refractivity contribution in [1.82, 2.24) is 0 Å². The van der Waals surface area contributed by atoms with Gasteiger partial charge in [0.2, 0.25) is 0 Å². The van der Waals surface area contributed by atoms with Crippen molar-refractivity contribution in [2.45, 2.75) is 103 Å². The molecule has 0 aromatic heterocycles. The average molecular weight is 504 g/mol. The van der Waals surface area contributed by atoms with E-state index in [-0.39, 0.29) is 0 Å². The normalized spacial score (nSPS) is 11.2. The van der Waals surface area contributed by atoms with E-state index in [9.17, 15) is 0 Å². The zero-order chi connectivity index (χ0) is 17.6. The highest BCUT2D eigenvalue weighted by molar-refractivity contribution is 9.09. The molecule has 0 bridgehead atoms. The lowest BCUT2D eigenvalue weighted by atomic mass is 10.1. The molecule has 4 heteroatoms. The monoisotopic (exact) mass is 502 g/mol. The standard InChI is InChI=1S/C20H40Br2S2/c21-17-13-9-5-1-3-7-11-15-19-23-24-20-16-12-8-4-2-6-10-14-18-22/h1-20H2. The molecule has 24 heavy (non-hydrogen) atoms. The van der Waals surface area contributed by atoms with Crippen molar-refractivity contribution in [1.29, 1.82) is 0 Å². The van der Waals surface area contributed by atoms with Gasteiger partial charge in [-0.3, -0.25) is 0 Å². The smallest absolute Gasteiger partial charge is 0.00369 e. The van der Waals surface area contributed by atoms with E-state index >= 15 is 0 Å². The van der Waals surface area contributed by atoms with Gasteiger partial charge < -0.3 is 0 Å². The SMILES string of the molecule is BrCCCCCCCCCCSSCCCCCCCCCCBr. The highest BCUT2D eigenvalue weighted by atomic mass is 79.9. The summed E-state index contributed by atoms with van der Waals surface area (Å²) < 4.78 is 0. The van der Waals surface area contributed by atoms with Crippen molar-refractivity contribution >= 4 is 53.4 Å². The summed E-state index contributed by atoms with van der Waals surface area (Å²) in [5.74, 6) is 2.73. The lowest BCUT2D eigenvalue weighted by molar-refractivity contribution is 0.588. The second-order valence-corrected chi connectivity index (χ2v) is 11.0. The molecule has 0 amide bonds. The van der Waals surface area contributed by atoms with Crippen molar-refractivity contribution in [2.75, 3.05) is 22.2 Å². The summed E-state index contributed by atoms with van der Waals surface area (Å²) in [7, 11) is 4.23. The molecule has 0 rings (SSSR count). The first kappa shape index (κ1) is 25.7. The van der Waals surface area contributed by atoms with Gasteiger partial charge in [0.05, 0.1) is 0 Å². The van der Waals surface area contributed by atoms with E-state index in [1.165, 1.54) is 125 Å². The van der Waals surface area contributed by atoms with Gasteiger partial charge in [-0.25, -0.2) is 0 Å². The second kappa shape index (κ2) is 24.7. The zero-order valence-corrected chi connectivity index (χ0v) is 20.5. The Kier molecular flexibility index (Phi) is 26.4. The predicted octanol–water partition coefficient (Wildman–Crippen LogP) is 9.40. The van der Waals surface area contributed by atoms with Gasteiger partial charge in [0, 0.05) is 22.2 Å². The fourth-order valence-electron chi connectivity index (χ4n) is 2.75. The summed E-state index contributed by atoms with van der Waals surface area (Å²) in [6, 6.07) is 0. The Hall–Kier alpha value is 1.66. The summed E-state index contributed by atoms with van der Waals surface area (Å²) in [5, 5.41) is 2.36. The van der Waals surface area contributed by atoms with E-state index in [4.69, 9.17) is 0 Å². The van der Waals surface area contributed by atoms with Crippen molar-refractivity contribution in [3.8, 4) is 0 Å². The third-order valence-corrected chi connectivity index (χ3v) is 8.00. The van der Waals surface area contributed by atoms with Crippen LogP contribution in [-0.2, 0) is 0 Å². The summed E-state index contributed by atoms with van der Waals surface area (Å²) in [6.45, 7) is 0. The number of hydrogen-bond donors (Lipinski definition) is 0. The van der Waals surface area contributed by atoms with Gasteiger partial charge in [-0.1, -0.05) is 130 Å². The number of unbranched alkanes of at least 4 members (excludes halogenated alkanes) is 14. The lowest BCUT2D eigenvalue weighted by Crippen LogP contribution is -1.84. The Balaban J connectivity index is 2.93. The van der Waals surface area contributed by atoms with Crippen LogP contribution < -0.4 is 0 Å². The number of hydrogen-bond acceptors (Lipinski definition) is 2. The van der Waals surface area contributed by atoms with Crippen LogP contribution in [0.1, 0.15) is 103 Å². The third kappa shape index (κ3) is 23.7. The minimum Gasteiger partial charge on any atom is -0.0942 e. The molecule has 0 spiro atoms. The van der Waals surface area contributed by atoms with Gasteiger partial charge in [0.1, 0.15) is 0 Å². The molecule has 0 fully saturated rings. The lowest BCUT2D eigenvalue weighted by Gasteiger charge is -2.03. The molecule has 0 atom stereocenters. The minimum absolute atomic E-state index is 1.18. The Morgan fingerprint density at radius 3 is 0.875 bits per heavy atom. The van der Waals surface area contributed by atoms with Gasteiger partial charge in [-0.05, 0) is 25.7 Å². The van der Waals surface area contributed by atoms with Crippen LogP contribution in [0.3, 0.4) is 0 Å². The molecule has 0 aliphatic rings. The van der Waals surface area contributed by atoms with E-state index in [2.05, 4.69) is 53.4 Å². The molecule has 0 radical (unpaired) electrons. The van der Waals surface area contributed by atoms with Crippen LogP contribution in [0.15, 0.2) is 0 Å². The van der Waals surface area contributed by atoms with Crippen LogP contribution in [0.2, 0.25) is 0 Å². The van der Waals surface area contributed by atoms with Crippen LogP contribution in [0.25, 0.3) is 0 Å². The number of halogens is 2. The Bertz CT molecular complexity index is 194. The van der Waals surface area contributed by atoms with Gasteiger partial charge in [0.15, 0.2) is 0 Å². The molecule has 0 N–H and O–H groups in total. The van der Waals surface area contributed by atoms with Crippen LogP contribution in [0.5, 0.6) is 0 Å². The maximum absolute atomic E-state index is 3.50. The van der Waals surface area contributed by atoms with Crippen molar-refractivity contribution in [3.05, 3.63) is 0 Å². The summed E-state index contributed by atoms with van der Waals surface area (Å²) in [5.41, 5.74) is 0. The molecular weight excluding hydrogens is 464 g/mol. The van der Waals surface area contributed by atoms with Gasteiger partial charge in [-0.15, -0.1) is 0 Å². The van der Waals surface area contributed by atoms with Gasteiger partial charge >= 0.3 is 0 Å². The predicted molar refractivity (Wildman–Crippen MR) is 126 cm³/mol. The molecule has 146 valence electrons. The van der Waals surface area contributed by atoms with E-state index in [1.807, 2.05) is 0 Å². The first-order valence-electron chi connectivity index (χ1n) is 10.3. The maximum Gasteiger partial charge on any atom is 0.00369 e. The summed E-state index contributed by atoms with van der Waals surface area (Å²) in [4.78, 5) is 0. The quantitative estimate of drug-likeness (QED) is 0.0868. The fourth-order valence-corrected chi connectivity index (χ4v) is 5.84. The summed E-state index contributed by atoms with van der Waals surface area (Å²) in [6.07, 6.45) is 22.9. The van der Waals surface area contributed by atoms with Crippen LogP contribution in [0.4, 0.5) is 0 Å². The second-order valence-electron chi connectivity index (χ2n) is 6.68. The highest BCUT2D eigenvalue weighted by Crippen LogP contribution is 2.24. The molecule has 0 aliphatic heterocycles. The van der Waals surface area contributed by atoms with Crippen LogP contribution in [-0.4, -0.2) is 22.2 Å². The number of rotatable bonds is 21. The first-order valence-corrected chi connectivity index (χ1v) is 15.0. The Morgan fingerprint density at radius 1 is 0.333 bits per heavy atom. The van der Waals surface area contributed by atoms with Crippen molar-refractivity contribution in [3.63, 3.8) is 0 Å². The molecule has 0 nitrogen and oxygen atoms in total. The van der Waals surface area contributed by atoms with Crippen molar-refractivity contribution < 1.29 is 0 Å². The molecule has 0 saturated carbocycles.